The summed E-state index contributed by atoms with van der Waals surface area (Å²) in [5, 5.41) is 20.9. The van der Waals surface area contributed by atoms with Crippen LogP contribution in [0.2, 0.25) is 15.1 Å². The molecule has 1 unspecified atom stereocenters. The van der Waals surface area contributed by atoms with Crippen molar-refractivity contribution in [2.75, 3.05) is 5.32 Å². The molecule has 0 saturated carbocycles. The summed E-state index contributed by atoms with van der Waals surface area (Å²) in [7, 11) is 0. The maximum Gasteiger partial charge on any atom is 0.328 e. The van der Waals surface area contributed by atoms with Crippen LogP contribution < -0.4 is 5.32 Å². The molecular weight excluding hydrogens is 429 g/mol. The Hall–Kier alpha value is -2.55. The summed E-state index contributed by atoms with van der Waals surface area (Å²) in [5.41, 5.74) is 0.847. The van der Waals surface area contributed by atoms with Crippen LogP contribution in [-0.4, -0.2) is 36.5 Å². The van der Waals surface area contributed by atoms with E-state index in [1.807, 2.05) is 0 Å². The molecule has 0 radical (unpaired) electrons. The number of benzene rings is 1. The number of carbonyl (C=O) groups excluding carboxylic acids is 1. The Morgan fingerprint density at radius 2 is 1.86 bits per heavy atom. The Bertz CT molecular complexity index is 1030. The Balaban J connectivity index is 1.75. The summed E-state index contributed by atoms with van der Waals surface area (Å²) in [6.07, 6.45) is 4.14. The average molecular weight is 443 g/mol. The number of hydrogen-bond acceptors (Lipinski definition) is 4. The van der Waals surface area contributed by atoms with Gasteiger partial charge in [0, 0.05) is 28.0 Å². The molecule has 3 aromatic rings. The van der Waals surface area contributed by atoms with Crippen molar-refractivity contribution in [3.05, 3.63) is 63.0 Å². The van der Waals surface area contributed by atoms with E-state index in [0.29, 0.717) is 15.6 Å². The van der Waals surface area contributed by atoms with Crippen molar-refractivity contribution in [1.82, 2.24) is 19.6 Å². The lowest BCUT2D eigenvalue weighted by Crippen LogP contribution is -2.16. The first-order valence-corrected chi connectivity index (χ1v) is 9.13. The normalized spacial score (nSPS) is 12.0. The van der Waals surface area contributed by atoms with Gasteiger partial charge < -0.3 is 10.4 Å². The van der Waals surface area contributed by atoms with E-state index in [4.69, 9.17) is 39.9 Å². The molecule has 146 valence electrons. The summed E-state index contributed by atoms with van der Waals surface area (Å²) < 4.78 is 2.68. The fourth-order valence-electron chi connectivity index (χ4n) is 2.37. The fraction of sp³-hybridized carbons (Fsp3) is 0.176. The molecule has 0 aliphatic heterocycles. The largest absolute Gasteiger partial charge is 0.480 e. The molecule has 2 heterocycles. The van der Waals surface area contributed by atoms with Crippen molar-refractivity contribution in [3.8, 4) is 0 Å². The maximum absolute atomic E-state index is 12.4. The summed E-state index contributed by atoms with van der Waals surface area (Å²) in [6.45, 7) is 1.72. The molecule has 0 aliphatic rings. The minimum atomic E-state index is -1.06. The smallest absolute Gasteiger partial charge is 0.328 e. The topological polar surface area (TPSA) is 102 Å². The maximum atomic E-state index is 12.4. The highest BCUT2D eigenvalue weighted by Crippen LogP contribution is 2.27. The van der Waals surface area contributed by atoms with E-state index < -0.39 is 17.9 Å². The van der Waals surface area contributed by atoms with Gasteiger partial charge in [0.25, 0.3) is 5.91 Å². The molecule has 11 heteroatoms. The van der Waals surface area contributed by atoms with Crippen LogP contribution in [0.4, 0.5) is 5.82 Å². The molecule has 1 atom stereocenters. The van der Waals surface area contributed by atoms with Crippen LogP contribution in [0.15, 0.2) is 36.8 Å². The minimum Gasteiger partial charge on any atom is -0.480 e. The SMILES string of the molecule is CC(C(=O)O)n1cc(C(=O)Nc2nn(Cc3c(Cl)cccc3Cl)cc2Cl)cn1. The van der Waals surface area contributed by atoms with E-state index in [9.17, 15) is 9.59 Å². The van der Waals surface area contributed by atoms with Gasteiger partial charge >= 0.3 is 5.97 Å². The van der Waals surface area contributed by atoms with Gasteiger partial charge in [-0.1, -0.05) is 40.9 Å². The number of anilines is 1. The standard InChI is InChI=1S/C17H14Cl3N5O3/c1-9(17(27)28)25-6-10(5-21-25)16(26)22-15-14(20)8-24(23-15)7-11-12(18)3-2-4-13(11)19/h2-6,8-9H,7H2,1H3,(H,27,28)(H,22,23,26). The lowest BCUT2D eigenvalue weighted by atomic mass is 10.2. The van der Waals surface area contributed by atoms with Crippen molar-refractivity contribution < 1.29 is 14.7 Å². The molecule has 1 aromatic carbocycles. The Morgan fingerprint density at radius 1 is 1.18 bits per heavy atom. The van der Waals surface area contributed by atoms with E-state index in [0.717, 1.165) is 0 Å². The summed E-state index contributed by atoms with van der Waals surface area (Å²) >= 11 is 18.5. The van der Waals surface area contributed by atoms with Gasteiger partial charge in [-0.2, -0.15) is 10.2 Å². The highest BCUT2D eigenvalue weighted by Gasteiger charge is 2.18. The van der Waals surface area contributed by atoms with E-state index in [1.165, 1.54) is 34.9 Å². The summed E-state index contributed by atoms with van der Waals surface area (Å²) in [4.78, 5) is 23.4. The van der Waals surface area contributed by atoms with Crippen LogP contribution >= 0.6 is 34.8 Å². The van der Waals surface area contributed by atoms with Gasteiger partial charge in [-0.3, -0.25) is 14.2 Å². The van der Waals surface area contributed by atoms with Crippen molar-refractivity contribution in [2.24, 2.45) is 0 Å². The molecule has 3 rings (SSSR count). The highest BCUT2D eigenvalue weighted by molar-refractivity contribution is 6.36. The number of amides is 1. The van der Waals surface area contributed by atoms with E-state index in [-0.39, 0.29) is 22.9 Å². The van der Waals surface area contributed by atoms with Crippen LogP contribution in [0, 0.1) is 0 Å². The third-order valence-corrected chi connectivity index (χ3v) is 4.93. The molecule has 28 heavy (non-hydrogen) atoms. The second kappa shape index (κ2) is 8.22. The molecule has 8 nitrogen and oxygen atoms in total. The number of aliphatic carboxylic acids is 1. The molecule has 0 bridgehead atoms. The molecular formula is C17H14Cl3N5O3. The Kier molecular flexibility index (Phi) is 5.93. The average Bonchev–Trinajstić information content (AvgIpc) is 3.25. The number of rotatable bonds is 6. The summed E-state index contributed by atoms with van der Waals surface area (Å²) in [5.74, 6) is -1.43. The molecule has 0 aliphatic carbocycles. The summed E-state index contributed by atoms with van der Waals surface area (Å²) in [6, 6.07) is 4.27. The van der Waals surface area contributed by atoms with Gasteiger partial charge in [-0.05, 0) is 19.1 Å². The lowest BCUT2D eigenvalue weighted by molar-refractivity contribution is -0.140. The van der Waals surface area contributed by atoms with Crippen LogP contribution in [0.25, 0.3) is 0 Å². The first-order valence-electron chi connectivity index (χ1n) is 8.00. The monoisotopic (exact) mass is 441 g/mol. The van der Waals surface area contributed by atoms with Gasteiger partial charge in [0.05, 0.1) is 18.3 Å². The van der Waals surface area contributed by atoms with Gasteiger partial charge in [0.15, 0.2) is 5.82 Å². The zero-order chi connectivity index (χ0) is 20.4. The lowest BCUT2D eigenvalue weighted by Gasteiger charge is -2.07. The quantitative estimate of drug-likeness (QED) is 0.601. The third-order valence-electron chi connectivity index (χ3n) is 3.95. The second-order valence-corrected chi connectivity index (χ2v) is 7.12. The molecule has 2 aromatic heterocycles. The Morgan fingerprint density at radius 3 is 2.50 bits per heavy atom. The van der Waals surface area contributed by atoms with Gasteiger partial charge in [-0.25, -0.2) is 4.79 Å². The number of halogens is 3. The number of nitrogens with zero attached hydrogens (tertiary/aromatic N) is 4. The molecule has 2 N–H and O–H groups in total. The number of aromatic nitrogens is 4. The van der Waals surface area contributed by atoms with E-state index in [1.54, 1.807) is 18.2 Å². The molecule has 1 amide bonds. The van der Waals surface area contributed by atoms with Crippen LogP contribution in [0.1, 0.15) is 28.9 Å². The fourth-order valence-corrected chi connectivity index (χ4v) is 3.08. The number of hydrogen-bond donors (Lipinski definition) is 2. The molecule has 0 fully saturated rings. The first-order chi connectivity index (χ1) is 13.3. The van der Waals surface area contributed by atoms with Crippen LogP contribution in [0.3, 0.4) is 0 Å². The number of carboxylic acids is 1. The number of carbonyl (C=O) groups is 2. The van der Waals surface area contributed by atoms with Crippen molar-refractivity contribution in [3.63, 3.8) is 0 Å². The van der Waals surface area contributed by atoms with Gasteiger partial charge in [-0.15, -0.1) is 0 Å². The third kappa shape index (κ3) is 4.30. The second-order valence-electron chi connectivity index (χ2n) is 5.90. The van der Waals surface area contributed by atoms with Gasteiger partial charge in [0.2, 0.25) is 0 Å². The predicted octanol–water partition coefficient (Wildman–Crippen LogP) is 3.99. The minimum absolute atomic E-state index is 0.147. The first kappa shape index (κ1) is 20.2. The number of nitrogens with one attached hydrogen (secondary N) is 1. The zero-order valence-electron chi connectivity index (χ0n) is 14.4. The molecule has 0 spiro atoms. The zero-order valence-corrected chi connectivity index (χ0v) is 16.7. The molecule has 0 saturated heterocycles. The van der Waals surface area contributed by atoms with Crippen molar-refractivity contribution in [1.29, 1.82) is 0 Å². The van der Waals surface area contributed by atoms with Gasteiger partial charge in [0.1, 0.15) is 11.1 Å². The van der Waals surface area contributed by atoms with E-state index in [2.05, 4.69) is 15.5 Å². The Labute approximate surface area is 174 Å². The predicted molar refractivity (Wildman–Crippen MR) is 105 cm³/mol. The van der Waals surface area contributed by atoms with Crippen LogP contribution in [0.5, 0.6) is 0 Å². The highest BCUT2D eigenvalue weighted by atomic mass is 35.5. The van der Waals surface area contributed by atoms with Crippen molar-refractivity contribution >= 4 is 52.5 Å². The number of carboxylic acid groups (broad SMARTS) is 1. The van der Waals surface area contributed by atoms with Crippen LogP contribution in [-0.2, 0) is 11.3 Å². The van der Waals surface area contributed by atoms with E-state index >= 15 is 0 Å². The van der Waals surface area contributed by atoms with Crippen molar-refractivity contribution in [2.45, 2.75) is 19.5 Å².